The highest BCUT2D eigenvalue weighted by Crippen LogP contribution is 2.25. The van der Waals surface area contributed by atoms with Crippen molar-refractivity contribution in [1.82, 2.24) is 4.90 Å². The molecule has 1 fully saturated rings. The monoisotopic (exact) mass is 286 g/mol. The molecule has 4 nitrogen and oxygen atoms in total. The lowest BCUT2D eigenvalue weighted by atomic mass is 10.0. The fourth-order valence-corrected chi connectivity index (χ4v) is 2.56. The van der Waals surface area contributed by atoms with Crippen LogP contribution in [0.3, 0.4) is 0 Å². The smallest absolute Gasteiger partial charge is 0.253 e. The first-order valence-electron chi connectivity index (χ1n) is 7.23. The minimum absolute atomic E-state index is 0.0599. The van der Waals surface area contributed by atoms with Gasteiger partial charge in [0.2, 0.25) is 0 Å². The maximum Gasteiger partial charge on any atom is 0.253 e. The summed E-state index contributed by atoms with van der Waals surface area (Å²) in [5.41, 5.74) is 6.76. The Morgan fingerprint density at radius 3 is 2.62 bits per heavy atom. The summed E-state index contributed by atoms with van der Waals surface area (Å²) in [5.74, 6) is 7.57. The van der Waals surface area contributed by atoms with Crippen molar-refractivity contribution in [3.63, 3.8) is 0 Å². The van der Waals surface area contributed by atoms with Gasteiger partial charge in [0, 0.05) is 18.7 Å². The molecule has 1 aliphatic heterocycles. The van der Waals surface area contributed by atoms with Gasteiger partial charge in [0.15, 0.2) is 0 Å². The van der Waals surface area contributed by atoms with E-state index >= 15 is 0 Å². The van der Waals surface area contributed by atoms with Crippen LogP contribution in [0.4, 0.5) is 0 Å². The number of nitrogens with zero attached hydrogens (tertiary/aromatic N) is 1. The second kappa shape index (κ2) is 6.64. The van der Waals surface area contributed by atoms with Crippen LogP contribution in [0.15, 0.2) is 18.2 Å². The second-order valence-corrected chi connectivity index (χ2v) is 5.59. The van der Waals surface area contributed by atoms with Crippen molar-refractivity contribution in [3.05, 3.63) is 29.3 Å². The molecule has 2 N–H and O–H groups in total. The summed E-state index contributed by atoms with van der Waals surface area (Å²) in [5, 5.41) is 0. The van der Waals surface area contributed by atoms with Crippen LogP contribution in [-0.2, 0) is 0 Å². The first kappa shape index (κ1) is 15.4. The van der Waals surface area contributed by atoms with Gasteiger partial charge in [0.05, 0.1) is 19.2 Å². The third-order valence-corrected chi connectivity index (χ3v) is 4.05. The van der Waals surface area contributed by atoms with Crippen LogP contribution < -0.4 is 10.5 Å². The van der Waals surface area contributed by atoms with Crippen molar-refractivity contribution in [2.24, 2.45) is 17.6 Å². The number of carbonyl (C=O) groups excluding carboxylic acids is 1. The fraction of sp³-hybridized carbons (Fsp3) is 0.471. The molecule has 2 atom stereocenters. The molecule has 112 valence electrons. The SMILES string of the molecule is COc1ccc(C(=O)N2CC(C)C(C)C2)cc1C#CCN. The number of methoxy groups -OCH3 is 1. The molecule has 0 aromatic heterocycles. The van der Waals surface area contributed by atoms with Crippen molar-refractivity contribution in [1.29, 1.82) is 0 Å². The standard InChI is InChI=1S/C17H22N2O2/c1-12-10-19(11-13(12)2)17(20)15-6-7-16(21-3)14(9-15)5-4-8-18/h6-7,9,12-13H,8,10-11,18H2,1-3H3. The lowest BCUT2D eigenvalue weighted by molar-refractivity contribution is 0.0785. The van der Waals surface area contributed by atoms with Crippen molar-refractivity contribution in [2.45, 2.75) is 13.8 Å². The average Bonchev–Trinajstić information content (AvgIpc) is 2.83. The number of carbonyl (C=O) groups is 1. The van der Waals surface area contributed by atoms with Gasteiger partial charge in [0.25, 0.3) is 5.91 Å². The molecule has 1 aromatic carbocycles. The number of rotatable bonds is 2. The summed E-state index contributed by atoms with van der Waals surface area (Å²) in [6, 6.07) is 5.37. The molecule has 1 saturated heterocycles. The van der Waals surface area contributed by atoms with Crippen molar-refractivity contribution in [3.8, 4) is 17.6 Å². The summed E-state index contributed by atoms with van der Waals surface area (Å²) < 4.78 is 5.27. The third-order valence-electron chi connectivity index (χ3n) is 4.05. The van der Waals surface area contributed by atoms with E-state index in [0.717, 1.165) is 13.1 Å². The molecule has 1 aromatic rings. The minimum Gasteiger partial charge on any atom is -0.495 e. The Bertz CT molecular complexity index is 576. The van der Waals surface area contributed by atoms with E-state index in [-0.39, 0.29) is 12.5 Å². The molecule has 0 spiro atoms. The largest absolute Gasteiger partial charge is 0.495 e. The zero-order valence-electron chi connectivity index (χ0n) is 12.8. The molecule has 2 unspecified atom stereocenters. The molecule has 1 heterocycles. The molecule has 0 aliphatic carbocycles. The van der Waals surface area contributed by atoms with E-state index < -0.39 is 0 Å². The first-order valence-corrected chi connectivity index (χ1v) is 7.23. The molecule has 0 saturated carbocycles. The van der Waals surface area contributed by atoms with E-state index in [1.54, 1.807) is 25.3 Å². The highest BCUT2D eigenvalue weighted by molar-refractivity contribution is 5.95. The van der Waals surface area contributed by atoms with Crippen molar-refractivity contribution in [2.75, 3.05) is 26.7 Å². The molecule has 0 bridgehead atoms. The number of amides is 1. The number of hydrogen-bond acceptors (Lipinski definition) is 3. The summed E-state index contributed by atoms with van der Waals surface area (Å²) in [6.45, 7) is 6.28. The number of likely N-dealkylation sites (tertiary alicyclic amines) is 1. The predicted octanol–water partition coefficient (Wildman–Crippen LogP) is 1.73. The highest BCUT2D eigenvalue weighted by Gasteiger charge is 2.30. The van der Waals surface area contributed by atoms with Gasteiger partial charge >= 0.3 is 0 Å². The summed E-state index contributed by atoms with van der Waals surface area (Å²) in [7, 11) is 1.59. The Hall–Kier alpha value is -1.99. The average molecular weight is 286 g/mol. The van der Waals surface area contributed by atoms with Crippen LogP contribution in [0.2, 0.25) is 0 Å². The summed E-state index contributed by atoms with van der Waals surface area (Å²) in [6.07, 6.45) is 0. The Morgan fingerprint density at radius 1 is 1.38 bits per heavy atom. The first-order chi connectivity index (χ1) is 10.1. The van der Waals surface area contributed by atoms with Crippen molar-refractivity contribution >= 4 is 5.91 Å². The zero-order chi connectivity index (χ0) is 15.4. The van der Waals surface area contributed by atoms with Gasteiger partial charge in [-0.2, -0.15) is 0 Å². The van der Waals surface area contributed by atoms with Crippen LogP contribution >= 0.6 is 0 Å². The third kappa shape index (κ3) is 3.37. The normalized spacial score (nSPS) is 20.9. The predicted molar refractivity (Wildman–Crippen MR) is 83.2 cm³/mol. The van der Waals surface area contributed by atoms with Crippen LogP contribution in [0.1, 0.15) is 29.8 Å². The quantitative estimate of drug-likeness (QED) is 0.842. The highest BCUT2D eigenvalue weighted by atomic mass is 16.5. The van der Waals surface area contributed by atoms with Crippen LogP contribution in [-0.4, -0.2) is 37.6 Å². The lowest BCUT2D eigenvalue weighted by Crippen LogP contribution is -2.28. The molecular formula is C17H22N2O2. The Balaban J connectivity index is 2.26. The molecule has 4 heteroatoms. The fourth-order valence-electron chi connectivity index (χ4n) is 2.56. The minimum atomic E-state index is 0.0599. The molecule has 21 heavy (non-hydrogen) atoms. The van der Waals surface area contributed by atoms with Crippen LogP contribution in [0.25, 0.3) is 0 Å². The van der Waals surface area contributed by atoms with Gasteiger partial charge in [-0.1, -0.05) is 25.7 Å². The van der Waals surface area contributed by atoms with E-state index in [0.29, 0.717) is 28.7 Å². The van der Waals surface area contributed by atoms with Gasteiger partial charge in [0.1, 0.15) is 5.75 Å². The molecular weight excluding hydrogens is 264 g/mol. The van der Waals surface area contributed by atoms with Crippen LogP contribution in [0.5, 0.6) is 5.75 Å². The lowest BCUT2D eigenvalue weighted by Gasteiger charge is -2.16. The van der Waals surface area contributed by atoms with Gasteiger partial charge < -0.3 is 15.4 Å². The van der Waals surface area contributed by atoms with Crippen molar-refractivity contribution < 1.29 is 9.53 Å². The number of hydrogen-bond donors (Lipinski definition) is 1. The summed E-state index contributed by atoms with van der Waals surface area (Å²) >= 11 is 0. The Labute approximate surface area is 126 Å². The maximum absolute atomic E-state index is 12.6. The van der Waals surface area contributed by atoms with Gasteiger partial charge in [-0.3, -0.25) is 4.79 Å². The second-order valence-electron chi connectivity index (χ2n) is 5.59. The van der Waals surface area contributed by atoms with Gasteiger partial charge in [-0.15, -0.1) is 0 Å². The topological polar surface area (TPSA) is 55.6 Å². The zero-order valence-corrected chi connectivity index (χ0v) is 12.8. The van der Waals surface area contributed by atoms with E-state index in [2.05, 4.69) is 25.7 Å². The number of ether oxygens (including phenoxy) is 1. The van der Waals surface area contributed by atoms with Crippen LogP contribution in [0, 0.1) is 23.7 Å². The molecule has 2 rings (SSSR count). The maximum atomic E-state index is 12.6. The van der Waals surface area contributed by atoms with Gasteiger partial charge in [-0.05, 0) is 30.0 Å². The van der Waals surface area contributed by atoms with E-state index in [4.69, 9.17) is 10.5 Å². The molecule has 0 radical (unpaired) electrons. The Kier molecular flexibility index (Phi) is 4.87. The number of nitrogens with two attached hydrogens (primary N) is 1. The summed E-state index contributed by atoms with van der Waals surface area (Å²) in [4.78, 5) is 14.5. The van der Waals surface area contributed by atoms with E-state index in [1.807, 2.05) is 4.90 Å². The Morgan fingerprint density at radius 2 is 2.05 bits per heavy atom. The van der Waals surface area contributed by atoms with Gasteiger partial charge in [-0.25, -0.2) is 0 Å². The molecule has 1 aliphatic rings. The number of benzene rings is 1. The molecule has 1 amide bonds. The van der Waals surface area contributed by atoms with E-state index in [1.165, 1.54) is 0 Å². The van der Waals surface area contributed by atoms with E-state index in [9.17, 15) is 4.79 Å².